The van der Waals surface area contributed by atoms with Gasteiger partial charge in [-0.05, 0) is 80.0 Å². The molecule has 0 saturated carbocycles. The van der Waals surface area contributed by atoms with Crippen LogP contribution in [0.5, 0.6) is 17.2 Å². The summed E-state index contributed by atoms with van der Waals surface area (Å²) < 4.78 is 49.5. The maximum Gasteiger partial charge on any atom is 0.210 e. The van der Waals surface area contributed by atoms with Crippen LogP contribution in [0.2, 0.25) is 0 Å². The van der Waals surface area contributed by atoms with Crippen LogP contribution in [0, 0.1) is 0 Å². The van der Waals surface area contributed by atoms with Gasteiger partial charge in [-0.3, -0.25) is 0 Å². The zero-order valence-corrected chi connectivity index (χ0v) is 23.1. The molecule has 4 rings (SSSR count). The van der Waals surface area contributed by atoms with Crippen LogP contribution >= 0.6 is 0 Å². The third-order valence-corrected chi connectivity index (χ3v) is 8.12. The molecule has 1 N–H and O–H groups in total. The third-order valence-electron chi connectivity index (χ3n) is 6.27. The molecule has 0 amide bonds. The highest BCUT2D eigenvalue weighted by atomic mass is 32.2. The summed E-state index contributed by atoms with van der Waals surface area (Å²) in [5.74, 6) is 2.61. The van der Waals surface area contributed by atoms with Gasteiger partial charge in [-0.2, -0.15) is 0 Å². The Hall–Kier alpha value is -3.49. The van der Waals surface area contributed by atoms with Gasteiger partial charge in [0.25, 0.3) is 0 Å². The van der Waals surface area contributed by atoms with Gasteiger partial charge in [-0.1, -0.05) is 26.0 Å². The summed E-state index contributed by atoms with van der Waals surface area (Å²) >= 11 is 0. The topological polar surface area (TPSA) is 87.0 Å². The number of sulfone groups is 1. The number of hydrogen-bond acceptors (Lipinski definition) is 7. The Balaban J connectivity index is 1.29. The second kappa shape index (κ2) is 12.4. The van der Waals surface area contributed by atoms with Crippen LogP contribution in [0.3, 0.4) is 0 Å². The first kappa shape index (κ1) is 27.5. The molecule has 0 aliphatic rings. The number of furan rings is 1. The average Bonchev–Trinajstić information content (AvgIpc) is 3.33. The van der Waals surface area contributed by atoms with Crippen LogP contribution in [0.25, 0.3) is 11.0 Å². The van der Waals surface area contributed by atoms with Crippen molar-refractivity contribution in [3.63, 3.8) is 0 Å². The van der Waals surface area contributed by atoms with Crippen LogP contribution < -0.4 is 19.5 Å². The van der Waals surface area contributed by atoms with Crippen molar-refractivity contribution in [3.8, 4) is 17.2 Å². The predicted octanol–water partition coefficient (Wildman–Crippen LogP) is 6.01. The average molecular weight is 538 g/mol. The highest BCUT2D eigenvalue weighted by Gasteiger charge is 2.29. The van der Waals surface area contributed by atoms with E-state index in [0.29, 0.717) is 29.1 Å². The Morgan fingerprint density at radius 1 is 0.868 bits per heavy atom. The summed E-state index contributed by atoms with van der Waals surface area (Å²) in [5.41, 5.74) is 1.72. The number of methoxy groups -OCH3 is 2. The van der Waals surface area contributed by atoms with Crippen molar-refractivity contribution in [1.82, 2.24) is 5.32 Å². The Kier molecular flexibility index (Phi) is 8.97. The number of fused-ring (bicyclic) bond motifs is 1. The molecule has 0 aliphatic carbocycles. The van der Waals surface area contributed by atoms with Crippen molar-refractivity contribution in [2.45, 2.75) is 42.4 Å². The van der Waals surface area contributed by atoms with E-state index < -0.39 is 9.84 Å². The third kappa shape index (κ3) is 6.31. The van der Waals surface area contributed by atoms with E-state index in [4.69, 9.17) is 18.6 Å². The second-order valence-electron chi connectivity index (χ2n) is 9.34. The predicted molar refractivity (Wildman–Crippen MR) is 148 cm³/mol. The summed E-state index contributed by atoms with van der Waals surface area (Å²) in [6.45, 7) is 6.01. The number of ether oxygens (including phenoxy) is 3. The normalized spacial score (nSPS) is 11.7. The van der Waals surface area contributed by atoms with Gasteiger partial charge in [-0.25, -0.2) is 8.42 Å². The lowest BCUT2D eigenvalue weighted by atomic mass is 10.1. The molecule has 1 aromatic heterocycles. The van der Waals surface area contributed by atoms with Crippen LogP contribution in [-0.4, -0.2) is 42.3 Å². The lowest BCUT2D eigenvalue weighted by molar-refractivity contribution is 0.308. The molecule has 0 saturated heterocycles. The first-order chi connectivity index (χ1) is 18.3. The number of rotatable bonds is 13. The smallest absolute Gasteiger partial charge is 0.210 e. The van der Waals surface area contributed by atoms with Gasteiger partial charge in [0.15, 0.2) is 0 Å². The summed E-state index contributed by atoms with van der Waals surface area (Å²) in [4.78, 5) is 0.462. The molecule has 0 atom stereocenters. The molecular weight excluding hydrogens is 502 g/mol. The van der Waals surface area contributed by atoms with E-state index in [2.05, 4.69) is 5.32 Å². The molecule has 3 aromatic carbocycles. The molecule has 0 spiro atoms. The van der Waals surface area contributed by atoms with Crippen molar-refractivity contribution in [2.24, 2.45) is 0 Å². The van der Waals surface area contributed by atoms with Gasteiger partial charge >= 0.3 is 0 Å². The monoisotopic (exact) mass is 537 g/mol. The number of para-hydroxylation sites is 1. The molecule has 4 aromatic rings. The molecule has 38 heavy (non-hydrogen) atoms. The summed E-state index contributed by atoms with van der Waals surface area (Å²) in [5, 5.41) is 4.02. The van der Waals surface area contributed by atoms with Gasteiger partial charge < -0.3 is 23.9 Å². The Bertz CT molecular complexity index is 1440. The zero-order valence-electron chi connectivity index (χ0n) is 22.3. The molecule has 7 nitrogen and oxygen atoms in total. The molecular formula is C30H35NO6S. The summed E-state index contributed by atoms with van der Waals surface area (Å²) in [7, 11) is -0.465. The Labute approximate surface area is 224 Å². The fourth-order valence-electron chi connectivity index (χ4n) is 4.29. The minimum atomic E-state index is -3.76. The molecule has 0 bridgehead atoms. The van der Waals surface area contributed by atoms with E-state index in [1.165, 1.54) is 0 Å². The minimum absolute atomic E-state index is 0.0678. The first-order valence-electron chi connectivity index (χ1n) is 12.8. The van der Waals surface area contributed by atoms with E-state index >= 15 is 0 Å². The van der Waals surface area contributed by atoms with E-state index in [9.17, 15) is 8.42 Å². The summed E-state index contributed by atoms with van der Waals surface area (Å²) in [6.07, 6.45) is 1.68. The molecule has 8 heteroatoms. The molecule has 0 radical (unpaired) electrons. The van der Waals surface area contributed by atoms with E-state index in [-0.39, 0.29) is 15.7 Å². The van der Waals surface area contributed by atoms with Crippen LogP contribution in [0.1, 0.15) is 37.5 Å². The maximum atomic E-state index is 13.6. The highest BCUT2D eigenvalue weighted by Crippen LogP contribution is 2.37. The first-order valence-corrected chi connectivity index (χ1v) is 14.2. The van der Waals surface area contributed by atoms with Crippen LogP contribution in [0.4, 0.5) is 0 Å². The molecule has 202 valence electrons. The van der Waals surface area contributed by atoms with Crippen LogP contribution in [0.15, 0.2) is 80.9 Å². The van der Waals surface area contributed by atoms with Gasteiger partial charge in [-0.15, -0.1) is 0 Å². The summed E-state index contributed by atoms with van der Waals surface area (Å²) in [6, 6.07) is 19.7. The fourth-order valence-corrected chi connectivity index (χ4v) is 6.02. The van der Waals surface area contributed by atoms with Crippen molar-refractivity contribution in [3.05, 3.63) is 78.1 Å². The quantitative estimate of drug-likeness (QED) is 0.209. The Morgan fingerprint density at radius 3 is 2.21 bits per heavy atom. The lowest BCUT2D eigenvalue weighted by Crippen LogP contribution is -2.20. The van der Waals surface area contributed by atoms with Crippen molar-refractivity contribution < 1.29 is 27.0 Å². The molecule has 1 heterocycles. The van der Waals surface area contributed by atoms with Crippen LogP contribution in [-0.2, 0) is 16.3 Å². The number of benzene rings is 3. The van der Waals surface area contributed by atoms with E-state index in [1.54, 1.807) is 50.6 Å². The zero-order chi connectivity index (χ0) is 27.1. The largest absolute Gasteiger partial charge is 0.497 e. The van der Waals surface area contributed by atoms with Gasteiger partial charge in [0.2, 0.25) is 9.84 Å². The minimum Gasteiger partial charge on any atom is -0.497 e. The maximum absolute atomic E-state index is 13.6. The Morgan fingerprint density at radius 2 is 1.55 bits per heavy atom. The SMILES string of the molecule is COc1cc(CCNCCCOc2ccc(S(=O)(=O)c3c(C(C)C)oc4ccccc34)cc2)cc(OC)c1. The molecule has 0 aliphatic heterocycles. The standard InChI is InChI=1S/C30H35NO6S/c1-21(2)29-30(27-8-5-6-9-28(27)37-29)38(32,33)26-12-10-23(11-13-26)36-17-7-15-31-16-14-22-18-24(34-3)20-25(19-22)35-4/h5-6,8-13,18-21,31H,7,14-17H2,1-4H3. The van der Waals surface area contributed by atoms with Gasteiger partial charge in [0, 0.05) is 17.4 Å². The number of nitrogens with one attached hydrogen (secondary N) is 1. The van der Waals surface area contributed by atoms with E-state index in [0.717, 1.165) is 43.0 Å². The van der Waals surface area contributed by atoms with Crippen molar-refractivity contribution in [2.75, 3.05) is 33.9 Å². The lowest BCUT2D eigenvalue weighted by Gasteiger charge is -2.11. The number of hydrogen-bond donors (Lipinski definition) is 1. The molecule has 0 fully saturated rings. The second-order valence-corrected chi connectivity index (χ2v) is 11.2. The van der Waals surface area contributed by atoms with Crippen molar-refractivity contribution >= 4 is 20.8 Å². The van der Waals surface area contributed by atoms with Gasteiger partial charge in [0.05, 0.1) is 25.7 Å². The molecule has 0 unspecified atom stereocenters. The van der Waals surface area contributed by atoms with E-state index in [1.807, 2.05) is 44.2 Å². The van der Waals surface area contributed by atoms with Crippen molar-refractivity contribution in [1.29, 1.82) is 0 Å². The highest BCUT2D eigenvalue weighted by molar-refractivity contribution is 7.91. The van der Waals surface area contributed by atoms with Gasteiger partial charge in [0.1, 0.15) is 33.5 Å². The fraction of sp³-hybridized carbons (Fsp3) is 0.333.